The minimum atomic E-state index is -3.63. The molecule has 0 radical (unpaired) electrons. The van der Waals surface area contributed by atoms with Crippen molar-refractivity contribution < 1.29 is 17.9 Å². The third-order valence-corrected chi connectivity index (χ3v) is 6.31. The lowest BCUT2D eigenvalue weighted by molar-refractivity contribution is 0.0730. The minimum Gasteiger partial charge on any atom is -0.379 e. The smallest absolute Gasteiger partial charge is 0.258 e. The van der Waals surface area contributed by atoms with Crippen molar-refractivity contribution >= 4 is 21.6 Å². The van der Waals surface area contributed by atoms with Crippen LogP contribution in [0.3, 0.4) is 0 Å². The quantitative estimate of drug-likeness (QED) is 0.824. The number of carbonyl (C=O) groups is 1. The number of nitrogens with zero attached hydrogens (tertiary/aromatic N) is 2. The lowest BCUT2D eigenvalue weighted by Crippen LogP contribution is -2.40. The zero-order chi connectivity index (χ0) is 18.7. The van der Waals surface area contributed by atoms with Gasteiger partial charge in [-0.15, -0.1) is 0 Å². The summed E-state index contributed by atoms with van der Waals surface area (Å²) in [6.45, 7) is 3.39. The van der Waals surface area contributed by atoms with E-state index < -0.39 is 10.0 Å². The number of morpholine rings is 1. The van der Waals surface area contributed by atoms with Crippen LogP contribution >= 0.6 is 0 Å². The number of sulfonamides is 1. The number of anilines is 1. The molecule has 1 saturated heterocycles. The minimum absolute atomic E-state index is 0.127. The topological polar surface area (TPSA) is 66.9 Å². The Bertz CT molecular complexity index is 888. The summed E-state index contributed by atoms with van der Waals surface area (Å²) in [6, 6.07) is 13.8. The molecule has 0 unspecified atom stereocenters. The molecule has 0 aromatic heterocycles. The van der Waals surface area contributed by atoms with E-state index in [1.807, 2.05) is 31.2 Å². The molecule has 2 aromatic rings. The molecule has 7 heteroatoms. The molecule has 26 heavy (non-hydrogen) atoms. The van der Waals surface area contributed by atoms with E-state index in [1.54, 1.807) is 19.2 Å². The van der Waals surface area contributed by atoms with Gasteiger partial charge in [-0.3, -0.25) is 4.79 Å². The maximum Gasteiger partial charge on any atom is 0.258 e. The molecule has 1 aliphatic heterocycles. The molecule has 0 spiro atoms. The van der Waals surface area contributed by atoms with Gasteiger partial charge in [0.05, 0.1) is 18.1 Å². The molecule has 6 nitrogen and oxygen atoms in total. The average molecular weight is 374 g/mol. The molecular weight excluding hydrogens is 352 g/mol. The maximum atomic E-state index is 12.8. The van der Waals surface area contributed by atoms with Crippen LogP contribution in [0.2, 0.25) is 0 Å². The second-order valence-corrected chi connectivity index (χ2v) is 8.18. The number of benzene rings is 2. The van der Waals surface area contributed by atoms with Crippen LogP contribution in [0.1, 0.15) is 15.9 Å². The zero-order valence-corrected chi connectivity index (χ0v) is 15.7. The van der Waals surface area contributed by atoms with Crippen LogP contribution in [0.25, 0.3) is 0 Å². The number of carbonyl (C=O) groups excluding carboxylic acids is 1. The van der Waals surface area contributed by atoms with Crippen molar-refractivity contribution in [2.45, 2.75) is 11.8 Å². The first-order chi connectivity index (χ1) is 12.4. The van der Waals surface area contributed by atoms with Gasteiger partial charge in [-0.1, -0.05) is 23.8 Å². The lowest BCUT2D eigenvalue weighted by atomic mass is 10.1. The Kier molecular flexibility index (Phi) is 5.41. The van der Waals surface area contributed by atoms with Crippen molar-refractivity contribution in [3.05, 3.63) is 59.7 Å². The van der Waals surface area contributed by atoms with Crippen LogP contribution in [0, 0.1) is 6.92 Å². The fourth-order valence-electron chi connectivity index (χ4n) is 2.80. The Morgan fingerprint density at radius 2 is 1.73 bits per heavy atom. The predicted molar refractivity (Wildman–Crippen MR) is 99.9 cm³/mol. The molecule has 0 bridgehead atoms. The lowest BCUT2D eigenvalue weighted by Gasteiger charge is -2.26. The molecule has 138 valence electrons. The van der Waals surface area contributed by atoms with E-state index in [0.717, 1.165) is 11.3 Å². The van der Waals surface area contributed by atoms with Gasteiger partial charge in [0.25, 0.3) is 5.91 Å². The molecule has 1 amide bonds. The zero-order valence-electron chi connectivity index (χ0n) is 14.9. The molecule has 1 heterocycles. The van der Waals surface area contributed by atoms with E-state index >= 15 is 0 Å². The molecule has 0 saturated carbocycles. The monoisotopic (exact) mass is 374 g/mol. The summed E-state index contributed by atoms with van der Waals surface area (Å²) < 4.78 is 32.2. The Balaban J connectivity index is 1.86. The molecule has 0 atom stereocenters. The van der Waals surface area contributed by atoms with Gasteiger partial charge in [0.2, 0.25) is 10.0 Å². The first kappa shape index (κ1) is 18.6. The summed E-state index contributed by atoms with van der Waals surface area (Å²) in [4.78, 5) is 14.4. The van der Waals surface area contributed by atoms with Crippen molar-refractivity contribution in [3.63, 3.8) is 0 Å². The fourth-order valence-corrected chi connectivity index (χ4v) is 4.26. The van der Waals surface area contributed by atoms with Gasteiger partial charge >= 0.3 is 0 Å². The Hall–Kier alpha value is -2.22. The van der Waals surface area contributed by atoms with Gasteiger partial charge in [0, 0.05) is 31.4 Å². The maximum absolute atomic E-state index is 12.8. The number of amides is 1. The highest BCUT2D eigenvalue weighted by Gasteiger charge is 2.27. The van der Waals surface area contributed by atoms with Crippen molar-refractivity contribution in [2.75, 3.05) is 38.3 Å². The number of ether oxygens (including phenoxy) is 1. The third kappa shape index (κ3) is 3.80. The highest BCUT2D eigenvalue weighted by molar-refractivity contribution is 7.89. The number of rotatable bonds is 4. The van der Waals surface area contributed by atoms with Crippen molar-refractivity contribution in [3.8, 4) is 0 Å². The van der Waals surface area contributed by atoms with Gasteiger partial charge in [-0.05, 0) is 37.3 Å². The summed E-state index contributed by atoms with van der Waals surface area (Å²) in [7, 11) is -1.95. The van der Waals surface area contributed by atoms with E-state index in [-0.39, 0.29) is 10.8 Å². The molecular formula is C19H22N2O4S. The molecule has 0 aliphatic carbocycles. The van der Waals surface area contributed by atoms with Crippen molar-refractivity contribution in [1.29, 1.82) is 0 Å². The molecule has 1 aliphatic rings. The summed E-state index contributed by atoms with van der Waals surface area (Å²) in [5.41, 5.74) is 2.19. The Morgan fingerprint density at radius 3 is 2.38 bits per heavy atom. The molecule has 0 N–H and O–H groups in total. The standard InChI is InChI=1S/C19H22N2O4S/c1-15-6-8-17(9-7-15)20(2)19(22)16-4-3-5-18(14-16)26(23,24)21-10-12-25-13-11-21/h3-9,14H,10-13H2,1-2H3. The van der Waals surface area contributed by atoms with Gasteiger partial charge in [-0.2, -0.15) is 4.31 Å². The van der Waals surface area contributed by atoms with E-state index in [4.69, 9.17) is 4.74 Å². The Morgan fingerprint density at radius 1 is 1.08 bits per heavy atom. The third-order valence-electron chi connectivity index (χ3n) is 4.41. The van der Waals surface area contributed by atoms with Crippen LogP contribution in [0.5, 0.6) is 0 Å². The van der Waals surface area contributed by atoms with E-state index in [2.05, 4.69) is 0 Å². The van der Waals surface area contributed by atoms with Crippen LogP contribution in [0.4, 0.5) is 5.69 Å². The largest absolute Gasteiger partial charge is 0.379 e. The second-order valence-electron chi connectivity index (χ2n) is 6.24. The van der Waals surface area contributed by atoms with E-state index in [9.17, 15) is 13.2 Å². The van der Waals surface area contributed by atoms with E-state index in [0.29, 0.717) is 31.9 Å². The van der Waals surface area contributed by atoms with Crippen LogP contribution in [-0.2, 0) is 14.8 Å². The average Bonchev–Trinajstić information content (AvgIpc) is 2.68. The second kappa shape index (κ2) is 7.57. The van der Waals surface area contributed by atoms with E-state index in [1.165, 1.54) is 21.3 Å². The summed E-state index contributed by atoms with van der Waals surface area (Å²) >= 11 is 0. The highest BCUT2D eigenvalue weighted by Crippen LogP contribution is 2.21. The van der Waals surface area contributed by atoms with Gasteiger partial charge < -0.3 is 9.64 Å². The summed E-state index contributed by atoms with van der Waals surface area (Å²) in [5.74, 6) is -0.257. The van der Waals surface area contributed by atoms with Crippen LogP contribution < -0.4 is 4.90 Å². The summed E-state index contributed by atoms with van der Waals surface area (Å²) in [5, 5.41) is 0. The number of aryl methyl sites for hydroxylation is 1. The SMILES string of the molecule is Cc1ccc(N(C)C(=O)c2cccc(S(=O)(=O)N3CCOCC3)c2)cc1. The normalized spacial score (nSPS) is 15.6. The van der Waals surface area contributed by atoms with Crippen LogP contribution in [-0.4, -0.2) is 52.0 Å². The van der Waals surface area contributed by atoms with Crippen molar-refractivity contribution in [2.24, 2.45) is 0 Å². The first-order valence-electron chi connectivity index (χ1n) is 8.42. The molecule has 1 fully saturated rings. The van der Waals surface area contributed by atoms with Gasteiger partial charge in [0.15, 0.2) is 0 Å². The number of hydrogen-bond acceptors (Lipinski definition) is 4. The summed E-state index contributed by atoms with van der Waals surface area (Å²) in [6.07, 6.45) is 0. The number of hydrogen-bond donors (Lipinski definition) is 0. The van der Waals surface area contributed by atoms with Crippen LogP contribution in [0.15, 0.2) is 53.4 Å². The van der Waals surface area contributed by atoms with Crippen molar-refractivity contribution in [1.82, 2.24) is 4.31 Å². The van der Waals surface area contributed by atoms with Gasteiger partial charge in [0.1, 0.15) is 0 Å². The highest BCUT2D eigenvalue weighted by atomic mass is 32.2. The fraction of sp³-hybridized carbons (Fsp3) is 0.316. The first-order valence-corrected chi connectivity index (χ1v) is 9.86. The van der Waals surface area contributed by atoms with Gasteiger partial charge in [-0.25, -0.2) is 8.42 Å². The molecule has 3 rings (SSSR count). The molecule has 2 aromatic carbocycles. The predicted octanol–water partition coefficient (Wildman–Crippen LogP) is 2.29. The Labute approximate surface area is 154 Å².